The fourth-order valence-electron chi connectivity index (χ4n) is 4.28. The van der Waals surface area contributed by atoms with Crippen molar-refractivity contribution >= 4 is 0 Å². The molecule has 2 heterocycles. The molecule has 21 heavy (non-hydrogen) atoms. The summed E-state index contributed by atoms with van der Waals surface area (Å²) in [4.78, 5) is 2.70. The third kappa shape index (κ3) is 3.35. The van der Waals surface area contributed by atoms with Crippen molar-refractivity contribution in [3.63, 3.8) is 0 Å². The lowest BCUT2D eigenvalue weighted by Gasteiger charge is -2.43. The standard InChI is InChI=1S/C18H28N2O/c1-2-6-18-15(4-1)5-3-9-20(18)12-17-10-14(13-21-17)11-19-16-7-8-16/h10,13,15-16,18-19H,1-9,11-12H2/t15-,18-/m1/s1. The van der Waals surface area contributed by atoms with Crippen molar-refractivity contribution in [3.05, 3.63) is 23.7 Å². The fraction of sp³-hybridized carbons (Fsp3) is 0.778. The van der Waals surface area contributed by atoms with E-state index in [1.807, 2.05) is 6.26 Å². The van der Waals surface area contributed by atoms with Gasteiger partial charge in [-0.2, -0.15) is 0 Å². The molecule has 3 heteroatoms. The quantitative estimate of drug-likeness (QED) is 0.896. The van der Waals surface area contributed by atoms with Gasteiger partial charge in [-0.25, -0.2) is 0 Å². The summed E-state index contributed by atoms with van der Waals surface area (Å²) < 4.78 is 5.82. The first-order valence-corrected chi connectivity index (χ1v) is 8.92. The average Bonchev–Trinajstić information content (AvgIpc) is 3.25. The van der Waals surface area contributed by atoms with Gasteiger partial charge in [-0.3, -0.25) is 4.90 Å². The van der Waals surface area contributed by atoms with Crippen molar-refractivity contribution in [3.8, 4) is 0 Å². The lowest BCUT2D eigenvalue weighted by atomic mass is 9.78. The molecule has 1 saturated heterocycles. The molecule has 1 aromatic rings. The Labute approximate surface area is 128 Å². The highest BCUT2D eigenvalue weighted by Gasteiger charge is 2.33. The van der Waals surface area contributed by atoms with E-state index in [1.165, 1.54) is 63.5 Å². The summed E-state index contributed by atoms with van der Waals surface area (Å²) in [7, 11) is 0. The van der Waals surface area contributed by atoms with Gasteiger partial charge in [-0.05, 0) is 57.1 Å². The lowest BCUT2D eigenvalue weighted by molar-refractivity contribution is 0.0495. The minimum atomic E-state index is 0.772. The number of hydrogen-bond donors (Lipinski definition) is 1. The Morgan fingerprint density at radius 3 is 2.86 bits per heavy atom. The Kier molecular flexibility index (Phi) is 4.04. The number of rotatable bonds is 5. The van der Waals surface area contributed by atoms with Crippen molar-refractivity contribution in [2.75, 3.05) is 6.54 Å². The van der Waals surface area contributed by atoms with Gasteiger partial charge in [0.25, 0.3) is 0 Å². The van der Waals surface area contributed by atoms with Gasteiger partial charge in [0.1, 0.15) is 5.76 Å². The zero-order chi connectivity index (χ0) is 14.1. The summed E-state index contributed by atoms with van der Waals surface area (Å²) in [6.45, 7) is 3.25. The average molecular weight is 288 g/mol. The van der Waals surface area contributed by atoms with Crippen LogP contribution in [0.25, 0.3) is 0 Å². The number of fused-ring (bicyclic) bond motifs is 1. The van der Waals surface area contributed by atoms with Gasteiger partial charge in [0.05, 0.1) is 12.8 Å². The van der Waals surface area contributed by atoms with Crippen LogP contribution in [0.1, 0.15) is 62.7 Å². The van der Waals surface area contributed by atoms with Crippen molar-refractivity contribution in [1.82, 2.24) is 10.2 Å². The maximum Gasteiger partial charge on any atom is 0.118 e. The molecule has 0 bridgehead atoms. The van der Waals surface area contributed by atoms with Crippen LogP contribution in [0.3, 0.4) is 0 Å². The molecule has 1 aliphatic heterocycles. The Bertz CT molecular complexity index is 464. The first-order chi connectivity index (χ1) is 10.4. The van der Waals surface area contributed by atoms with E-state index < -0.39 is 0 Å². The minimum Gasteiger partial charge on any atom is -0.468 e. The second kappa shape index (κ2) is 6.13. The first-order valence-electron chi connectivity index (χ1n) is 8.92. The number of nitrogens with one attached hydrogen (secondary N) is 1. The van der Waals surface area contributed by atoms with Gasteiger partial charge in [0.2, 0.25) is 0 Å². The zero-order valence-corrected chi connectivity index (χ0v) is 13.0. The summed E-state index contributed by atoms with van der Waals surface area (Å²) in [5.74, 6) is 2.12. The first kappa shape index (κ1) is 13.8. The van der Waals surface area contributed by atoms with E-state index in [0.717, 1.165) is 36.9 Å². The number of likely N-dealkylation sites (tertiary alicyclic amines) is 1. The SMILES string of the molecule is c1oc(CN2CCC[C@H]3CCCC[C@H]32)cc1CNC1CC1. The molecular weight excluding hydrogens is 260 g/mol. The third-order valence-electron chi connectivity index (χ3n) is 5.60. The van der Waals surface area contributed by atoms with Crippen LogP contribution in [0.2, 0.25) is 0 Å². The predicted molar refractivity (Wildman–Crippen MR) is 84.0 cm³/mol. The van der Waals surface area contributed by atoms with Gasteiger partial charge in [0.15, 0.2) is 0 Å². The topological polar surface area (TPSA) is 28.4 Å². The van der Waals surface area contributed by atoms with Crippen molar-refractivity contribution in [2.24, 2.45) is 5.92 Å². The second-order valence-electron chi connectivity index (χ2n) is 7.30. The molecule has 1 N–H and O–H groups in total. The molecule has 2 atom stereocenters. The summed E-state index contributed by atoms with van der Waals surface area (Å²) in [6.07, 6.45) is 13.2. The third-order valence-corrected chi connectivity index (χ3v) is 5.60. The molecule has 1 aromatic heterocycles. The number of piperidine rings is 1. The number of hydrogen-bond acceptors (Lipinski definition) is 3. The van der Waals surface area contributed by atoms with Crippen molar-refractivity contribution < 1.29 is 4.42 Å². The van der Waals surface area contributed by atoms with Gasteiger partial charge >= 0.3 is 0 Å². The van der Waals surface area contributed by atoms with E-state index in [-0.39, 0.29) is 0 Å². The molecule has 3 aliphatic rings. The Balaban J connectivity index is 1.35. The highest BCUT2D eigenvalue weighted by Crippen LogP contribution is 2.36. The molecule has 2 aliphatic carbocycles. The smallest absolute Gasteiger partial charge is 0.118 e. The van der Waals surface area contributed by atoms with Crippen LogP contribution in [0, 0.1) is 5.92 Å². The normalized spacial score (nSPS) is 30.3. The van der Waals surface area contributed by atoms with E-state index in [1.54, 1.807) is 0 Å². The maximum absolute atomic E-state index is 5.82. The molecule has 0 aromatic carbocycles. The van der Waals surface area contributed by atoms with E-state index in [4.69, 9.17) is 4.42 Å². The number of nitrogens with zero attached hydrogens (tertiary/aromatic N) is 1. The largest absolute Gasteiger partial charge is 0.468 e. The summed E-state index contributed by atoms with van der Waals surface area (Å²) >= 11 is 0. The predicted octanol–water partition coefficient (Wildman–Crippen LogP) is 3.69. The van der Waals surface area contributed by atoms with Crippen molar-refractivity contribution in [1.29, 1.82) is 0 Å². The zero-order valence-electron chi connectivity index (χ0n) is 13.0. The Hall–Kier alpha value is -0.800. The molecule has 2 saturated carbocycles. The summed E-state index contributed by atoms with van der Waals surface area (Å²) in [5.41, 5.74) is 1.31. The second-order valence-corrected chi connectivity index (χ2v) is 7.30. The van der Waals surface area contributed by atoms with Crippen LogP contribution >= 0.6 is 0 Å². The minimum absolute atomic E-state index is 0.772. The monoisotopic (exact) mass is 288 g/mol. The summed E-state index contributed by atoms with van der Waals surface area (Å²) in [5, 5.41) is 3.56. The van der Waals surface area contributed by atoms with E-state index in [2.05, 4.69) is 16.3 Å². The highest BCUT2D eigenvalue weighted by molar-refractivity contribution is 5.13. The summed E-state index contributed by atoms with van der Waals surface area (Å²) in [6, 6.07) is 3.86. The Morgan fingerprint density at radius 2 is 1.95 bits per heavy atom. The van der Waals surface area contributed by atoms with Crippen LogP contribution in [-0.2, 0) is 13.1 Å². The van der Waals surface area contributed by atoms with Crippen LogP contribution in [0.5, 0.6) is 0 Å². The van der Waals surface area contributed by atoms with Crippen molar-refractivity contribution in [2.45, 2.75) is 76.5 Å². The van der Waals surface area contributed by atoms with Gasteiger partial charge in [-0.15, -0.1) is 0 Å². The molecule has 0 amide bonds. The molecule has 0 spiro atoms. The maximum atomic E-state index is 5.82. The van der Waals surface area contributed by atoms with E-state index >= 15 is 0 Å². The molecule has 3 fully saturated rings. The van der Waals surface area contributed by atoms with E-state index in [0.29, 0.717) is 0 Å². The van der Waals surface area contributed by atoms with Gasteiger partial charge in [0, 0.05) is 24.2 Å². The molecule has 0 radical (unpaired) electrons. The highest BCUT2D eigenvalue weighted by atomic mass is 16.3. The van der Waals surface area contributed by atoms with Crippen LogP contribution in [0.4, 0.5) is 0 Å². The van der Waals surface area contributed by atoms with Crippen LogP contribution in [-0.4, -0.2) is 23.5 Å². The molecular formula is C18H28N2O. The Morgan fingerprint density at radius 1 is 1.10 bits per heavy atom. The van der Waals surface area contributed by atoms with E-state index in [9.17, 15) is 0 Å². The van der Waals surface area contributed by atoms with Crippen LogP contribution in [0.15, 0.2) is 16.7 Å². The molecule has 116 valence electrons. The molecule has 4 rings (SSSR count). The van der Waals surface area contributed by atoms with Crippen LogP contribution < -0.4 is 5.32 Å². The molecule has 3 nitrogen and oxygen atoms in total. The fourth-order valence-corrected chi connectivity index (χ4v) is 4.28. The lowest BCUT2D eigenvalue weighted by Crippen LogP contribution is -2.46. The molecule has 0 unspecified atom stereocenters. The van der Waals surface area contributed by atoms with Gasteiger partial charge < -0.3 is 9.73 Å². The van der Waals surface area contributed by atoms with Gasteiger partial charge in [-0.1, -0.05) is 12.8 Å². The number of furan rings is 1.